The third-order valence-electron chi connectivity index (χ3n) is 1.86. The Kier molecular flexibility index (Phi) is 3.18. The smallest absolute Gasteiger partial charge is 0.343 e. The molecule has 0 unspecified atom stereocenters. The van der Waals surface area contributed by atoms with Gasteiger partial charge in [0.25, 0.3) is 6.43 Å². The first kappa shape index (κ1) is 11.4. The van der Waals surface area contributed by atoms with Crippen LogP contribution in [0, 0.1) is 6.92 Å². The lowest BCUT2D eigenvalue weighted by molar-refractivity contribution is 0.0597. The second kappa shape index (κ2) is 4.20. The third-order valence-corrected chi connectivity index (χ3v) is 1.86. The summed E-state index contributed by atoms with van der Waals surface area (Å²) in [6.45, 7) is 1.36. The van der Waals surface area contributed by atoms with Crippen LogP contribution in [0.25, 0.3) is 0 Å². The largest absolute Gasteiger partial charge is 0.465 e. The summed E-state index contributed by atoms with van der Waals surface area (Å²) in [4.78, 5) is 24.7. The average Bonchev–Trinajstić information content (AvgIpc) is 2.16. The second-order valence-corrected chi connectivity index (χ2v) is 2.88. The van der Waals surface area contributed by atoms with Crippen LogP contribution in [-0.4, -0.2) is 18.1 Å². The summed E-state index contributed by atoms with van der Waals surface area (Å²) in [5.41, 5.74) is -1.45. The third kappa shape index (κ3) is 2.20. The van der Waals surface area contributed by atoms with Gasteiger partial charge in [0.2, 0.25) is 0 Å². The van der Waals surface area contributed by atoms with Gasteiger partial charge >= 0.3 is 5.97 Å². The van der Waals surface area contributed by atoms with Crippen LogP contribution >= 0.6 is 0 Å². The van der Waals surface area contributed by atoms with E-state index in [1.165, 1.54) is 6.92 Å². The van der Waals surface area contributed by atoms with Crippen LogP contribution in [0.1, 0.15) is 28.2 Å². The molecule has 82 valence electrons. The molecule has 0 amide bonds. The fourth-order valence-corrected chi connectivity index (χ4v) is 1.19. The number of pyridine rings is 1. The molecule has 1 heterocycles. The van der Waals surface area contributed by atoms with E-state index in [0.29, 0.717) is 6.07 Å². The molecule has 0 aliphatic rings. The lowest BCUT2D eigenvalue weighted by Gasteiger charge is -2.06. The van der Waals surface area contributed by atoms with Crippen LogP contribution in [0.2, 0.25) is 0 Å². The van der Waals surface area contributed by atoms with Gasteiger partial charge in [0.15, 0.2) is 5.43 Å². The number of carbonyl (C=O) groups excluding carboxylic acids is 1. The summed E-state index contributed by atoms with van der Waals surface area (Å²) in [6, 6.07) is 0.698. The van der Waals surface area contributed by atoms with Gasteiger partial charge in [-0.2, -0.15) is 0 Å². The number of esters is 1. The number of aryl methyl sites for hydroxylation is 1. The van der Waals surface area contributed by atoms with E-state index in [1.54, 1.807) is 0 Å². The first-order valence-corrected chi connectivity index (χ1v) is 4.07. The zero-order chi connectivity index (χ0) is 11.6. The molecule has 0 saturated heterocycles. The molecular formula is C9H9F2NO3. The Balaban J connectivity index is 3.34. The van der Waals surface area contributed by atoms with E-state index in [4.69, 9.17) is 0 Å². The van der Waals surface area contributed by atoms with E-state index < -0.39 is 23.5 Å². The van der Waals surface area contributed by atoms with E-state index in [1.807, 2.05) is 0 Å². The summed E-state index contributed by atoms with van der Waals surface area (Å²) in [5, 5.41) is 0. The summed E-state index contributed by atoms with van der Waals surface area (Å²) >= 11 is 0. The Morgan fingerprint density at radius 3 is 2.53 bits per heavy atom. The van der Waals surface area contributed by atoms with Crippen molar-refractivity contribution >= 4 is 5.97 Å². The normalized spacial score (nSPS) is 10.5. The number of methoxy groups -OCH3 is 1. The van der Waals surface area contributed by atoms with Crippen molar-refractivity contribution in [1.82, 2.24) is 4.98 Å². The van der Waals surface area contributed by atoms with Crippen molar-refractivity contribution in [3.63, 3.8) is 0 Å². The molecule has 0 atom stereocenters. The number of carbonyl (C=O) groups is 1. The van der Waals surface area contributed by atoms with Crippen molar-refractivity contribution in [2.45, 2.75) is 13.3 Å². The minimum absolute atomic E-state index is 0.0738. The van der Waals surface area contributed by atoms with Crippen molar-refractivity contribution < 1.29 is 18.3 Å². The maximum absolute atomic E-state index is 12.3. The number of hydrogen-bond donors (Lipinski definition) is 1. The predicted octanol–water partition coefficient (Wildman–Crippen LogP) is 1.41. The highest BCUT2D eigenvalue weighted by molar-refractivity contribution is 5.90. The van der Waals surface area contributed by atoms with Crippen LogP contribution in [-0.2, 0) is 4.74 Å². The Labute approximate surface area is 83.9 Å². The molecule has 0 fully saturated rings. The quantitative estimate of drug-likeness (QED) is 0.762. The van der Waals surface area contributed by atoms with Crippen molar-refractivity contribution in [3.8, 4) is 0 Å². The Morgan fingerprint density at radius 1 is 1.53 bits per heavy atom. The number of aromatic nitrogens is 1. The van der Waals surface area contributed by atoms with Gasteiger partial charge < -0.3 is 9.72 Å². The molecule has 0 bridgehead atoms. The minimum atomic E-state index is -2.77. The van der Waals surface area contributed by atoms with Crippen LogP contribution in [0.5, 0.6) is 0 Å². The highest BCUT2D eigenvalue weighted by Gasteiger charge is 2.18. The summed E-state index contributed by atoms with van der Waals surface area (Å²) in [6.07, 6.45) is -2.77. The SMILES string of the molecule is COC(=O)c1c(C)[nH]c(C(F)F)cc1=O. The first-order chi connectivity index (χ1) is 6.97. The molecule has 1 aromatic heterocycles. The van der Waals surface area contributed by atoms with Crippen LogP contribution in [0.4, 0.5) is 8.78 Å². The molecule has 0 saturated carbocycles. The summed E-state index contributed by atoms with van der Waals surface area (Å²) < 4.78 is 28.9. The van der Waals surface area contributed by atoms with E-state index in [0.717, 1.165) is 7.11 Å². The van der Waals surface area contributed by atoms with Gasteiger partial charge in [-0.3, -0.25) is 4.79 Å². The number of nitrogens with one attached hydrogen (secondary N) is 1. The summed E-state index contributed by atoms with van der Waals surface area (Å²) in [5.74, 6) is -0.838. The zero-order valence-corrected chi connectivity index (χ0v) is 8.14. The number of alkyl halides is 2. The van der Waals surface area contributed by atoms with E-state index in [-0.39, 0.29) is 11.3 Å². The van der Waals surface area contributed by atoms with Crippen molar-refractivity contribution in [2.24, 2.45) is 0 Å². The number of ether oxygens (including phenoxy) is 1. The molecule has 0 aliphatic heterocycles. The van der Waals surface area contributed by atoms with Crippen molar-refractivity contribution in [1.29, 1.82) is 0 Å². The molecule has 1 rings (SSSR count). The van der Waals surface area contributed by atoms with E-state index in [2.05, 4.69) is 9.72 Å². The standard InChI is InChI=1S/C9H9F2NO3/c1-4-7(9(14)15-2)6(13)3-5(12-4)8(10)11/h3,8H,1-2H3,(H,12,13). The van der Waals surface area contributed by atoms with E-state index in [9.17, 15) is 18.4 Å². The Hall–Kier alpha value is -1.72. The van der Waals surface area contributed by atoms with Gasteiger partial charge in [-0.05, 0) is 6.92 Å². The molecule has 15 heavy (non-hydrogen) atoms. The van der Waals surface area contributed by atoms with Crippen molar-refractivity contribution in [3.05, 3.63) is 33.2 Å². The monoisotopic (exact) mass is 217 g/mol. The van der Waals surface area contributed by atoms with Gasteiger partial charge in [0.05, 0.1) is 12.8 Å². The molecule has 1 aromatic rings. The maximum atomic E-state index is 12.3. The predicted molar refractivity (Wildman–Crippen MR) is 48.1 cm³/mol. The fourth-order valence-electron chi connectivity index (χ4n) is 1.19. The molecule has 0 aromatic carbocycles. The first-order valence-electron chi connectivity index (χ1n) is 4.07. The maximum Gasteiger partial charge on any atom is 0.343 e. The number of rotatable bonds is 2. The fraction of sp³-hybridized carbons (Fsp3) is 0.333. The van der Waals surface area contributed by atoms with Gasteiger partial charge in [-0.25, -0.2) is 13.6 Å². The van der Waals surface area contributed by atoms with E-state index >= 15 is 0 Å². The molecule has 0 aliphatic carbocycles. The van der Waals surface area contributed by atoms with Crippen molar-refractivity contribution in [2.75, 3.05) is 7.11 Å². The van der Waals surface area contributed by atoms with Crippen LogP contribution in [0.3, 0.4) is 0 Å². The molecular weight excluding hydrogens is 208 g/mol. The summed E-state index contributed by atoms with van der Waals surface area (Å²) in [7, 11) is 1.11. The lowest BCUT2D eigenvalue weighted by atomic mass is 10.2. The minimum Gasteiger partial charge on any atom is -0.465 e. The Bertz CT molecular complexity index is 439. The average molecular weight is 217 g/mol. The number of hydrogen-bond acceptors (Lipinski definition) is 3. The molecule has 0 spiro atoms. The van der Waals surface area contributed by atoms with Gasteiger partial charge in [-0.15, -0.1) is 0 Å². The number of H-pyrrole nitrogens is 1. The zero-order valence-electron chi connectivity index (χ0n) is 8.14. The molecule has 0 radical (unpaired) electrons. The highest BCUT2D eigenvalue weighted by atomic mass is 19.3. The Morgan fingerprint density at radius 2 is 2.13 bits per heavy atom. The van der Waals surface area contributed by atoms with Gasteiger partial charge in [0, 0.05) is 11.8 Å². The number of aromatic amines is 1. The van der Waals surface area contributed by atoms with Gasteiger partial charge in [0.1, 0.15) is 5.56 Å². The lowest BCUT2D eigenvalue weighted by Crippen LogP contribution is -2.20. The van der Waals surface area contributed by atoms with Crippen LogP contribution in [0.15, 0.2) is 10.9 Å². The van der Waals surface area contributed by atoms with Crippen LogP contribution < -0.4 is 5.43 Å². The molecule has 6 heteroatoms. The molecule has 4 nitrogen and oxygen atoms in total. The topological polar surface area (TPSA) is 59.2 Å². The van der Waals surface area contributed by atoms with Gasteiger partial charge in [-0.1, -0.05) is 0 Å². The highest BCUT2D eigenvalue weighted by Crippen LogP contribution is 2.15. The number of halogens is 2. The molecule has 1 N–H and O–H groups in total. The second-order valence-electron chi connectivity index (χ2n) is 2.88.